The Morgan fingerprint density at radius 2 is 1.38 bits per heavy atom. The van der Waals surface area contributed by atoms with Crippen molar-refractivity contribution >= 4 is 17.8 Å². The summed E-state index contributed by atoms with van der Waals surface area (Å²) in [5.74, 6) is 0. The van der Waals surface area contributed by atoms with Crippen LogP contribution in [0.3, 0.4) is 0 Å². The van der Waals surface area contributed by atoms with Crippen molar-refractivity contribution < 1.29 is 4.57 Å². The molecule has 0 heterocycles. The Morgan fingerprint density at radius 1 is 0.875 bits per heavy atom. The molecule has 0 aromatic heterocycles. The van der Waals surface area contributed by atoms with Gasteiger partial charge in [-0.25, -0.2) is 0 Å². The number of rotatable bonds is 8. The van der Waals surface area contributed by atoms with Crippen LogP contribution in [0.15, 0.2) is 60.4 Å². The van der Waals surface area contributed by atoms with E-state index in [2.05, 4.69) is 13.5 Å². The lowest BCUT2D eigenvalue weighted by Crippen LogP contribution is -2.21. The van der Waals surface area contributed by atoms with Crippen LogP contribution in [0.5, 0.6) is 0 Å². The lowest BCUT2D eigenvalue weighted by Gasteiger charge is -2.25. The number of aryl methyl sites for hydroxylation is 2. The minimum Gasteiger partial charge on any atom is -0.309 e. The van der Waals surface area contributed by atoms with Crippen molar-refractivity contribution in [3.05, 3.63) is 71.6 Å². The maximum atomic E-state index is 14.3. The van der Waals surface area contributed by atoms with Gasteiger partial charge in [-0.15, -0.1) is 0 Å². The zero-order chi connectivity index (χ0) is 17.6. The third-order valence-electron chi connectivity index (χ3n) is 4.67. The number of allylic oxidation sites excluding steroid dienone is 1. The van der Waals surface area contributed by atoms with E-state index in [0.717, 1.165) is 39.9 Å². The van der Waals surface area contributed by atoms with E-state index in [1.165, 1.54) is 19.3 Å². The molecular formula is C22H29OP. The fourth-order valence-electron chi connectivity index (χ4n) is 3.22. The van der Waals surface area contributed by atoms with Gasteiger partial charge in [0.05, 0.1) is 0 Å². The molecule has 0 aliphatic rings. The van der Waals surface area contributed by atoms with Crippen LogP contribution in [-0.2, 0) is 4.57 Å². The van der Waals surface area contributed by atoms with Crippen molar-refractivity contribution in [3.8, 4) is 0 Å². The summed E-state index contributed by atoms with van der Waals surface area (Å²) in [6, 6.07) is 16.1. The minimum absolute atomic E-state index is 0.833. The lowest BCUT2D eigenvalue weighted by atomic mass is 10.1. The van der Waals surface area contributed by atoms with Crippen LogP contribution < -0.4 is 10.6 Å². The number of hydrogen-bond acceptors (Lipinski definition) is 1. The molecule has 0 bridgehead atoms. The van der Waals surface area contributed by atoms with Crippen molar-refractivity contribution in [2.45, 2.75) is 52.9 Å². The molecule has 0 N–H and O–H groups in total. The van der Waals surface area contributed by atoms with Crippen molar-refractivity contribution in [2.24, 2.45) is 0 Å². The van der Waals surface area contributed by atoms with Gasteiger partial charge in [0.1, 0.15) is 0 Å². The highest BCUT2D eigenvalue weighted by atomic mass is 31.2. The second-order valence-corrected chi connectivity index (χ2v) is 9.37. The van der Waals surface area contributed by atoms with Crippen molar-refractivity contribution in [1.29, 1.82) is 0 Å². The van der Waals surface area contributed by atoms with E-state index in [9.17, 15) is 4.57 Å². The lowest BCUT2D eigenvalue weighted by molar-refractivity contribution is 0.587. The topological polar surface area (TPSA) is 17.1 Å². The first-order chi connectivity index (χ1) is 11.5. The maximum absolute atomic E-state index is 14.3. The molecule has 0 saturated carbocycles. The second kappa shape index (κ2) is 8.49. The molecular weight excluding hydrogens is 311 g/mol. The largest absolute Gasteiger partial charge is 0.309 e. The van der Waals surface area contributed by atoms with Gasteiger partial charge in [0.25, 0.3) is 0 Å². The Labute approximate surface area is 147 Å². The van der Waals surface area contributed by atoms with Crippen molar-refractivity contribution in [2.75, 3.05) is 0 Å². The minimum atomic E-state index is -2.83. The van der Waals surface area contributed by atoms with Crippen LogP contribution in [0.1, 0.15) is 50.2 Å². The molecule has 0 fully saturated rings. The van der Waals surface area contributed by atoms with Crippen LogP contribution in [0, 0.1) is 13.8 Å². The van der Waals surface area contributed by atoms with Gasteiger partial charge in [-0.05, 0) is 43.1 Å². The molecule has 0 radical (unpaired) electrons. The Balaban J connectivity index is 2.47. The van der Waals surface area contributed by atoms with E-state index in [1.54, 1.807) is 0 Å². The van der Waals surface area contributed by atoms with Gasteiger partial charge in [0, 0.05) is 10.6 Å². The summed E-state index contributed by atoms with van der Waals surface area (Å²) in [5, 5.41) is 2.78. The Bertz CT molecular complexity index is 696. The fraction of sp³-hybridized carbons (Fsp3) is 0.364. The molecule has 0 aliphatic carbocycles. The molecule has 0 amide bonds. The molecule has 0 spiro atoms. The third kappa shape index (κ3) is 3.90. The molecule has 128 valence electrons. The zero-order valence-corrected chi connectivity index (χ0v) is 16.1. The van der Waals surface area contributed by atoms with Crippen molar-refractivity contribution in [1.82, 2.24) is 0 Å². The molecule has 24 heavy (non-hydrogen) atoms. The van der Waals surface area contributed by atoms with Gasteiger partial charge < -0.3 is 4.57 Å². The predicted molar refractivity (Wildman–Crippen MR) is 107 cm³/mol. The molecule has 0 atom stereocenters. The smallest absolute Gasteiger partial charge is 0.167 e. The molecule has 2 aromatic rings. The highest BCUT2D eigenvalue weighted by molar-refractivity contribution is 7.82. The molecule has 2 aromatic carbocycles. The maximum Gasteiger partial charge on any atom is 0.167 e. The fourth-order valence-corrected chi connectivity index (χ4v) is 6.37. The predicted octanol–water partition coefficient (Wildman–Crippen LogP) is 6.10. The van der Waals surface area contributed by atoms with E-state index in [-0.39, 0.29) is 0 Å². The normalized spacial score (nSPS) is 11.5. The Hall–Kier alpha value is -1.59. The highest BCUT2D eigenvalue weighted by Gasteiger charge is 2.32. The summed E-state index contributed by atoms with van der Waals surface area (Å²) in [5.41, 5.74) is 2.16. The van der Waals surface area contributed by atoms with E-state index in [4.69, 9.17) is 0 Å². The second-order valence-electron chi connectivity index (χ2n) is 6.56. The SMILES string of the molecule is C=C(CCCCCC)P(=O)(c1ccccc1C)c1ccccc1C. The summed E-state index contributed by atoms with van der Waals surface area (Å²) in [7, 11) is -2.83. The van der Waals surface area contributed by atoms with Gasteiger partial charge >= 0.3 is 0 Å². The van der Waals surface area contributed by atoms with Crippen LogP contribution in [0.2, 0.25) is 0 Å². The van der Waals surface area contributed by atoms with Gasteiger partial charge in [-0.2, -0.15) is 0 Å². The number of unbranched alkanes of at least 4 members (excludes halogenated alkanes) is 3. The third-order valence-corrected chi connectivity index (χ3v) is 8.15. The van der Waals surface area contributed by atoms with E-state index in [0.29, 0.717) is 0 Å². The number of benzene rings is 2. The monoisotopic (exact) mass is 340 g/mol. The molecule has 0 aliphatic heterocycles. The molecule has 0 unspecified atom stereocenters. The summed E-state index contributed by atoms with van der Waals surface area (Å²) < 4.78 is 14.3. The van der Waals surface area contributed by atoms with E-state index >= 15 is 0 Å². The van der Waals surface area contributed by atoms with E-state index in [1.807, 2.05) is 62.4 Å². The molecule has 1 nitrogen and oxygen atoms in total. The van der Waals surface area contributed by atoms with Gasteiger partial charge in [-0.3, -0.25) is 0 Å². The van der Waals surface area contributed by atoms with Crippen LogP contribution in [-0.4, -0.2) is 0 Å². The van der Waals surface area contributed by atoms with Crippen LogP contribution in [0.25, 0.3) is 0 Å². The van der Waals surface area contributed by atoms with Crippen molar-refractivity contribution in [3.63, 3.8) is 0 Å². The quantitative estimate of drug-likeness (QED) is 0.419. The standard InChI is InChI=1S/C22H29OP/c1-5-6-7-8-15-20(4)24(23,21-16-11-9-13-18(21)2)22-17-12-10-14-19(22)3/h9-14,16-17H,4-8,15H2,1-3H3. The first kappa shape index (κ1) is 18.7. The zero-order valence-electron chi connectivity index (χ0n) is 15.2. The first-order valence-electron chi connectivity index (χ1n) is 8.92. The average Bonchev–Trinajstić information content (AvgIpc) is 2.58. The average molecular weight is 340 g/mol. The Morgan fingerprint density at radius 3 is 1.83 bits per heavy atom. The summed E-state index contributed by atoms with van der Waals surface area (Å²) in [6.45, 7) is 10.6. The first-order valence-corrected chi connectivity index (χ1v) is 10.6. The van der Waals surface area contributed by atoms with Gasteiger partial charge in [0.2, 0.25) is 0 Å². The Kier molecular flexibility index (Phi) is 6.63. The van der Waals surface area contributed by atoms with Gasteiger partial charge in [0.15, 0.2) is 7.14 Å². The van der Waals surface area contributed by atoms with E-state index < -0.39 is 7.14 Å². The van der Waals surface area contributed by atoms with Crippen LogP contribution >= 0.6 is 7.14 Å². The van der Waals surface area contributed by atoms with Gasteiger partial charge in [-0.1, -0.05) is 81.3 Å². The highest BCUT2D eigenvalue weighted by Crippen LogP contribution is 2.54. The summed E-state index contributed by atoms with van der Waals surface area (Å²) in [6.07, 6.45) is 5.51. The summed E-state index contributed by atoms with van der Waals surface area (Å²) >= 11 is 0. The number of hydrogen-bond donors (Lipinski definition) is 0. The molecule has 2 heteroatoms. The van der Waals surface area contributed by atoms with Crippen LogP contribution in [0.4, 0.5) is 0 Å². The molecule has 2 rings (SSSR count). The summed E-state index contributed by atoms with van der Waals surface area (Å²) in [4.78, 5) is 0. The molecule has 0 saturated heterocycles.